The fourth-order valence-corrected chi connectivity index (χ4v) is 1.36. The van der Waals surface area contributed by atoms with Crippen LogP contribution in [0, 0.1) is 23.5 Å². The van der Waals surface area contributed by atoms with Crippen molar-refractivity contribution in [3.63, 3.8) is 0 Å². The van der Waals surface area contributed by atoms with E-state index in [4.69, 9.17) is 0 Å². The van der Waals surface area contributed by atoms with E-state index in [1.54, 1.807) is 0 Å². The first-order valence-corrected chi connectivity index (χ1v) is 4.30. The van der Waals surface area contributed by atoms with Crippen molar-refractivity contribution in [1.29, 1.82) is 0 Å². The monoisotopic (exact) mass is 207 g/mol. The van der Waals surface area contributed by atoms with Crippen LogP contribution in [0.3, 0.4) is 0 Å². The van der Waals surface area contributed by atoms with Gasteiger partial charge in [0.2, 0.25) is 0 Å². The number of hydrogen-bond acceptors (Lipinski definition) is 0. The largest absolute Gasteiger partial charge is 0.206 e. The molecule has 0 aromatic heterocycles. The topological polar surface area (TPSA) is 0 Å². The molecule has 0 N–H and O–H groups in total. The SMILES string of the molecule is Fc1[c]ccc(F)c1-c1ccccc1F. The van der Waals surface area contributed by atoms with Gasteiger partial charge in [0.05, 0.1) is 5.56 Å². The number of benzene rings is 2. The van der Waals surface area contributed by atoms with E-state index in [1.165, 1.54) is 18.2 Å². The lowest BCUT2D eigenvalue weighted by Gasteiger charge is -2.05. The van der Waals surface area contributed by atoms with Gasteiger partial charge in [-0.3, -0.25) is 0 Å². The third-order valence-electron chi connectivity index (χ3n) is 2.04. The Kier molecular flexibility index (Phi) is 2.46. The van der Waals surface area contributed by atoms with Crippen molar-refractivity contribution in [3.05, 3.63) is 59.9 Å². The van der Waals surface area contributed by atoms with Crippen LogP contribution < -0.4 is 0 Å². The molecule has 0 amide bonds. The minimum Gasteiger partial charge on any atom is -0.206 e. The summed E-state index contributed by atoms with van der Waals surface area (Å²) in [5.74, 6) is -2.34. The van der Waals surface area contributed by atoms with Crippen LogP contribution in [0.5, 0.6) is 0 Å². The van der Waals surface area contributed by atoms with E-state index in [-0.39, 0.29) is 11.1 Å². The van der Waals surface area contributed by atoms with E-state index in [0.29, 0.717) is 0 Å². The first-order valence-electron chi connectivity index (χ1n) is 4.30. The summed E-state index contributed by atoms with van der Waals surface area (Å²) < 4.78 is 39.8. The van der Waals surface area contributed by atoms with Gasteiger partial charge in [-0.2, -0.15) is 0 Å². The van der Waals surface area contributed by atoms with Crippen molar-refractivity contribution in [3.8, 4) is 11.1 Å². The summed E-state index contributed by atoms with van der Waals surface area (Å²) in [6.45, 7) is 0. The Morgan fingerprint density at radius 3 is 2.27 bits per heavy atom. The highest BCUT2D eigenvalue weighted by molar-refractivity contribution is 5.65. The van der Waals surface area contributed by atoms with E-state index >= 15 is 0 Å². The Balaban J connectivity index is 2.69. The lowest BCUT2D eigenvalue weighted by atomic mass is 10.0. The molecule has 0 bridgehead atoms. The van der Waals surface area contributed by atoms with Gasteiger partial charge in [-0.15, -0.1) is 0 Å². The second-order valence-electron chi connectivity index (χ2n) is 2.99. The molecule has 2 aromatic rings. The van der Waals surface area contributed by atoms with Gasteiger partial charge in [0.15, 0.2) is 0 Å². The zero-order valence-electron chi connectivity index (χ0n) is 7.60. The molecule has 0 nitrogen and oxygen atoms in total. The summed E-state index contributed by atoms with van der Waals surface area (Å²) >= 11 is 0. The van der Waals surface area contributed by atoms with Crippen LogP contribution in [0.15, 0.2) is 36.4 Å². The summed E-state index contributed by atoms with van der Waals surface area (Å²) in [6.07, 6.45) is 0. The smallest absolute Gasteiger partial charge is 0.142 e. The van der Waals surface area contributed by atoms with Crippen molar-refractivity contribution in [1.82, 2.24) is 0 Å². The molecular formula is C12H6F3. The molecule has 2 aromatic carbocycles. The average Bonchev–Trinajstić information content (AvgIpc) is 2.20. The molecule has 0 aliphatic heterocycles. The molecule has 0 fully saturated rings. The van der Waals surface area contributed by atoms with E-state index in [9.17, 15) is 13.2 Å². The molecule has 0 saturated heterocycles. The van der Waals surface area contributed by atoms with Gasteiger partial charge in [0, 0.05) is 11.6 Å². The van der Waals surface area contributed by atoms with Gasteiger partial charge in [-0.25, -0.2) is 13.2 Å². The molecule has 75 valence electrons. The lowest BCUT2D eigenvalue weighted by molar-refractivity contribution is 0.581. The molecule has 0 aliphatic rings. The Labute approximate surface area is 85.0 Å². The fourth-order valence-electron chi connectivity index (χ4n) is 1.36. The van der Waals surface area contributed by atoms with Crippen molar-refractivity contribution in [2.45, 2.75) is 0 Å². The van der Waals surface area contributed by atoms with E-state index in [0.717, 1.165) is 18.2 Å². The molecule has 2 rings (SSSR count). The molecule has 3 heteroatoms. The molecule has 0 heterocycles. The maximum absolute atomic E-state index is 13.3. The first kappa shape index (κ1) is 9.77. The molecule has 1 radical (unpaired) electrons. The summed E-state index contributed by atoms with van der Waals surface area (Å²) in [5.41, 5.74) is -0.472. The van der Waals surface area contributed by atoms with Crippen molar-refractivity contribution >= 4 is 0 Å². The Morgan fingerprint density at radius 2 is 1.60 bits per heavy atom. The highest BCUT2D eigenvalue weighted by Crippen LogP contribution is 2.27. The van der Waals surface area contributed by atoms with Crippen LogP contribution in [0.2, 0.25) is 0 Å². The van der Waals surface area contributed by atoms with E-state index in [1.807, 2.05) is 0 Å². The maximum Gasteiger partial charge on any atom is 0.142 e. The predicted octanol–water partition coefficient (Wildman–Crippen LogP) is 3.57. The van der Waals surface area contributed by atoms with Crippen LogP contribution in [-0.4, -0.2) is 0 Å². The number of rotatable bonds is 1. The summed E-state index contributed by atoms with van der Waals surface area (Å²) in [6, 6.07) is 9.82. The van der Waals surface area contributed by atoms with Gasteiger partial charge in [-0.05, 0) is 18.2 Å². The Morgan fingerprint density at radius 1 is 0.867 bits per heavy atom. The van der Waals surface area contributed by atoms with Crippen molar-refractivity contribution < 1.29 is 13.2 Å². The third-order valence-corrected chi connectivity index (χ3v) is 2.04. The van der Waals surface area contributed by atoms with Gasteiger partial charge >= 0.3 is 0 Å². The van der Waals surface area contributed by atoms with Gasteiger partial charge in [0.1, 0.15) is 17.5 Å². The van der Waals surface area contributed by atoms with E-state index in [2.05, 4.69) is 6.07 Å². The lowest BCUT2D eigenvalue weighted by Crippen LogP contribution is -1.92. The zero-order chi connectivity index (χ0) is 10.8. The minimum atomic E-state index is -0.889. The highest BCUT2D eigenvalue weighted by atomic mass is 19.1. The van der Waals surface area contributed by atoms with Crippen LogP contribution >= 0.6 is 0 Å². The molecule has 0 aliphatic carbocycles. The molecule has 0 atom stereocenters. The summed E-state index contributed by atoms with van der Waals surface area (Å²) in [7, 11) is 0. The van der Waals surface area contributed by atoms with Gasteiger partial charge in [0.25, 0.3) is 0 Å². The van der Waals surface area contributed by atoms with Crippen molar-refractivity contribution in [2.24, 2.45) is 0 Å². The average molecular weight is 207 g/mol. The zero-order valence-corrected chi connectivity index (χ0v) is 7.60. The van der Waals surface area contributed by atoms with Crippen LogP contribution in [0.4, 0.5) is 13.2 Å². The molecule has 0 unspecified atom stereocenters. The number of halogens is 3. The normalized spacial score (nSPS) is 10.3. The Bertz CT molecular complexity index is 472. The van der Waals surface area contributed by atoms with Crippen LogP contribution in [0.1, 0.15) is 0 Å². The maximum atomic E-state index is 13.3. The van der Waals surface area contributed by atoms with Crippen LogP contribution in [0.25, 0.3) is 11.1 Å². The van der Waals surface area contributed by atoms with Gasteiger partial charge in [-0.1, -0.05) is 18.2 Å². The molecule has 0 saturated carbocycles. The second kappa shape index (κ2) is 3.77. The molecule has 0 spiro atoms. The highest BCUT2D eigenvalue weighted by Gasteiger charge is 2.13. The standard InChI is InChI=1S/C12H6F3/c13-9-5-2-1-4-8(9)12-10(14)6-3-7-11(12)15/h1-6H. The molecule has 15 heavy (non-hydrogen) atoms. The Hall–Kier alpha value is -1.77. The fraction of sp³-hybridized carbons (Fsp3) is 0. The van der Waals surface area contributed by atoms with Crippen molar-refractivity contribution in [2.75, 3.05) is 0 Å². The number of hydrogen-bond donors (Lipinski definition) is 0. The summed E-state index contributed by atoms with van der Waals surface area (Å²) in [5, 5.41) is 0. The summed E-state index contributed by atoms with van der Waals surface area (Å²) in [4.78, 5) is 0. The first-order chi connectivity index (χ1) is 7.20. The predicted molar refractivity (Wildman–Crippen MR) is 50.6 cm³/mol. The quantitative estimate of drug-likeness (QED) is 0.670. The third kappa shape index (κ3) is 1.73. The van der Waals surface area contributed by atoms with Gasteiger partial charge < -0.3 is 0 Å². The van der Waals surface area contributed by atoms with E-state index < -0.39 is 17.5 Å². The second-order valence-corrected chi connectivity index (χ2v) is 2.99. The minimum absolute atomic E-state index is 0.0932. The molecular weight excluding hydrogens is 201 g/mol. The van der Waals surface area contributed by atoms with Crippen LogP contribution in [-0.2, 0) is 0 Å².